The first kappa shape index (κ1) is 14.5. The first-order chi connectivity index (χ1) is 10.6. The number of aromatic nitrogens is 2. The van der Waals surface area contributed by atoms with Crippen LogP contribution in [0.25, 0.3) is 0 Å². The molecule has 0 aromatic carbocycles. The topological polar surface area (TPSA) is 84.3 Å². The third-order valence-corrected chi connectivity index (χ3v) is 3.68. The zero-order chi connectivity index (χ0) is 15.6. The SMILES string of the molecule is C[C@@](O)(C(=O)Nc1ccc(Oc2cccnc2)nc1)C1CC1. The van der Waals surface area contributed by atoms with Crippen molar-refractivity contribution in [3.63, 3.8) is 0 Å². The lowest BCUT2D eigenvalue weighted by Gasteiger charge is -2.21. The highest BCUT2D eigenvalue weighted by molar-refractivity contribution is 5.97. The Kier molecular flexibility index (Phi) is 3.77. The van der Waals surface area contributed by atoms with E-state index in [0.29, 0.717) is 17.3 Å². The molecule has 3 rings (SSSR count). The van der Waals surface area contributed by atoms with Gasteiger partial charge in [-0.3, -0.25) is 9.78 Å². The molecule has 0 saturated heterocycles. The zero-order valence-electron chi connectivity index (χ0n) is 12.2. The normalized spacial score (nSPS) is 16.6. The minimum atomic E-state index is -1.33. The average molecular weight is 299 g/mol. The predicted octanol–water partition coefficient (Wildman–Crippen LogP) is 2.37. The number of anilines is 1. The number of carbonyl (C=O) groups is 1. The van der Waals surface area contributed by atoms with E-state index in [4.69, 9.17) is 4.74 Å². The summed E-state index contributed by atoms with van der Waals surface area (Å²) in [6, 6.07) is 6.87. The number of amides is 1. The van der Waals surface area contributed by atoms with Crippen LogP contribution in [0.1, 0.15) is 19.8 Å². The Morgan fingerprint density at radius 3 is 2.77 bits per heavy atom. The minimum absolute atomic E-state index is 0.0497. The molecule has 1 amide bonds. The fourth-order valence-corrected chi connectivity index (χ4v) is 2.13. The number of rotatable bonds is 5. The maximum atomic E-state index is 12.1. The van der Waals surface area contributed by atoms with E-state index in [9.17, 15) is 9.90 Å². The second kappa shape index (κ2) is 5.73. The molecule has 1 aliphatic carbocycles. The number of nitrogens with zero attached hydrogens (tertiary/aromatic N) is 2. The van der Waals surface area contributed by atoms with E-state index in [-0.39, 0.29) is 5.92 Å². The molecule has 2 aromatic heterocycles. The molecule has 1 aliphatic rings. The van der Waals surface area contributed by atoms with Crippen molar-refractivity contribution in [2.24, 2.45) is 5.92 Å². The maximum Gasteiger partial charge on any atom is 0.256 e. The lowest BCUT2D eigenvalue weighted by Crippen LogP contribution is -2.42. The number of hydrogen-bond donors (Lipinski definition) is 2. The average Bonchev–Trinajstić information content (AvgIpc) is 3.35. The molecular weight excluding hydrogens is 282 g/mol. The van der Waals surface area contributed by atoms with Crippen LogP contribution in [0.4, 0.5) is 5.69 Å². The van der Waals surface area contributed by atoms with Crippen LogP contribution in [0.15, 0.2) is 42.9 Å². The van der Waals surface area contributed by atoms with Gasteiger partial charge in [-0.2, -0.15) is 0 Å². The Balaban J connectivity index is 1.63. The van der Waals surface area contributed by atoms with Gasteiger partial charge in [-0.1, -0.05) is 0 Å². The molecule has 0 radical (unpaired) electrons. The summed E-state index contributed by atoms with van der Waals surface area (Å²) in [7, 11) is 0. The van der Waals surface area contributed by atoms with Gasteiger partial charge in [0.25, 0.3) is 5.91 Å². The Hall–Kier alpha value is -2.47. The van der Waals surface area contributed by atoms with Crippen LogP contribution in [-0.4, -0.2) is 26.6 Å². The van der Waals surface area contributed by atoms with Gasteiger partial charge in [-0.15, -0.1) is 0 Å². The van der Waals surface area contributed by atoms with Crippen LogP contribution >= 0.6 is 0 Å². The largest absolute Gasteiger partial charge is 0.437 e. The van der Waals surface area contributed by atoms with Crippen LogP contribution in [0.3, 0.4) is 0 Å². The van der Waals surface area contributed by atoms with Crippen molar-refractivity contribution in [2.45, 2.75) is 25.4 Å². The van der Waals surface area contributed by atoms with Crippen molar-refractivity contribution >= 4 is 11.6 Å². The van der Waals surface area contributed by atoms with Crippen molar-refractivity contribution < 1.29 is 14.6 Å². The van der Waals surface area contributed by atoms with Crippen LogP contribution in [0, 0.1) is 5.92 Å². The van der Waals surface area contributed by atoms with E-state index in [2.05, 4.69) is 15.3 Å². The number of aliphatic hydroxyl groups is 1. The molecule has 1 fully saturated rings. The molecule has 2 heterocycles. The number of pyridine rings is 2. The highest BCUT2D eigenvalue weighted by Crippen LogP contribution is 2.40. The molecular formula is C16H17N3O3. The van der Waals surface area contributed by atoms with Crippen molar-refractivity contribution in [2.75, 3.05) is 5.32 Å². The monoisotopic (exact) mass is 299 g/mol. The first-order valence-electron chi connectivity index (χ1n) is 7.13. The third-order valence-electron chi connectivity index (χ3n) is 3.68. The zero-order valence-corrected chi connectivity index (χ0v) is 12.2. The molecule has 114 valence electrons. The Morgan fingerprint density at radius 2 is 2.18 bits per heavy atom. The molecule has 6 nitrogen and oxygen atoms in total. The summed E-state index contributed by atoms with van der Waals surface area (Å²) in [6.45, 7) is 1.55. The smallest absolute Gasteiger partial charge is 0.256 e. The van der Waals surface area contributed by atoms with Gasteiger partial charge < -0.3 is 15.2 Å². The van der Waals surface area contributed by atoms with E-state index in [1.165, 1.54) is 6.20 Å². The summed E-state index contributed by atoms with van der Waals surface area (Å²) in [5.41, 5.74) is -0.810. The Bertz CT molecular complexity index is 652. The van der Waals surface area contributed by atoms with E-state index in [1.54, 1.807) is 43.6 Å². The molecule has 0 spiro atoms. The molecule has 0 aliphatic heterocycles. The lowest BCUT2D eigenvalue weighted by atomic mass is 9.99. The van der Waals surface area contributed by atoms with Gasteiger partial charge in [0, 0.05) is 12.3 Å². The summed E-state index contributed by atoms with van der Waals surface area (Å²) in [4.78, 5) is 20.1. The van der Waals surface area contributed by atoms with Crippen LogP contribution in [-0.2, 0) is 4.79 Å². The van der Waals surface area contributed by atoms with Crippen molar-refractivity contribution in [3.05, 3.63) is 42.9 Å². The predicted molar refractivity (Wildman–Crippen MR) is 80.5 cm³/mol. The summed E-state index contributed by atoms with van der Waals surface area (Å²) in [5.74, 6) is 0.634. The molecule has 2 aromatic rings. The second-order valence-electron chi connectivity index (χ2n) is 5.55. The first-order valence-corrected chi connectivity index (χ1v) is 7.13. The molecule has 0 bridgehead atoms. The lowest BCUT2D eigenvalue weighted by molar-refractivity contribution is -0.134. The third kappa shape index (κ3) is 3.23. The number of carbonyl (C=O) groups excluding carboxylic acids is 1. The van der Waals surface area contributed by atoms with Gasteiger partial charge in [-0.25, -0.2) is 4.98 Å². The summed E-state index contributed by atoms with van der Waals surface area (Å²) in [5, 5.41) is 12.8. The van der Waals surface area contributed by atoms with E-state index in [0.717, 1.165) is 12.8 Å². The van der Waals surface area contributed by atoms with E-state index < -0.39 is 11.5 Å². The molecule has 0 unspecified atom stereocenters. The van der Waals surface area contributed by atoms with Gasteiger partial charge in [-0.05, 0) is 43.9 Å². The minimum Gasteiger partial charge on any atom is -0.437 e. The molecule has 2 N–H and O–H groups in total. The van der Waals surface area contributed by atoms with Gasteiger partial charge >= 0.3 is 0 Å². The van der Waals surface area contributed by atoms with Crippen LogP contribution in [0.2, 0.25) is 0 Å². The summed E-state index contributed by atoms with van der Waals surface area (Å²) >= 11 is 0. The molecule has 1 atom stereocenters. The quantitative estimate of drug-likeness (QED) is 0.885. The molecule has 6 heteroatoms. The number of hydrogen-bond acceptors (Lipinski definition) is 5. The second-order valence-corrected chi connectivity index (χ2v) is 5.55. The molecule has 22 heavy (non-hydrogen) atoms. The van der Waals surface area contributed by atoms with Crippen molar-refractivity contribution in [3.8, 4) is 11.6 Å². The highest BCUT2D eigenvalue weighted by atomic mass is 16.5. The highest BCUT2D eigenvalue weighted by Gasteiger charge is 2.45. The maximum absolute atomic E-state index is 12.1. The molecule has 1 saturated carbocycles. The number of nitrogens with one attached hydrogen (secondary N) is 1. The summed E-state index contributed by atoms with van der Waals surface area (Å²) < 4.78 is 5.52. The van der Waals surface area contributed by atoms with Gasteiger partial charge in [0.15, 0.2) is 0 Å². The Labute approximate surface area is 128 Å². The van der Waals surface area contributed by atoms with E-state index in [1.807, 2.05) is 0 Å². The van der Waals surface area contributed by atoms with Crippen molar-refractivity contribution in [1.82, 2.24) is 9.97 Å². The Morgan fingerprint density at radius 1 is 1.36 bits per heavy atom. The fraction of sp³-hybridized carbons (Fsp3) is 0.312. The fourth-order valence-electron chi connectivity index (χ4n) is 2.13. The summed E-state index contributed by atoms with van der Waals surface area (Å²) in [6.07, 6.45) is 6.51. The van der Waals surface area contributed by atoms with Gasteiger partial charge in [0.2, 0.25) is 5.88 Å². The van der Waals surface area contributed by atoms with Crippen molar-refractivity contribution in [1.29, 1.82) is 0 Å². The van der Waals surface area contributed by atoms with Gasteiger partial charge in [0.1, 0.15) is 11.4 Å². The standard InChI is InChI=1S/C16H17N3O3/c1-16(21,11-4-5-11)15(20)19-12-6-7-14(18-9-12)22-13-3-2-8-17-10-13/h2-3,6-11,21H,4-5H2,1H3,(H,19,20)/t16-/m0/s1. The van der Waals surface area contributed by atoms with Crippen LogP contribution < -0.4 is 10.1 Å². The van der Waals surface area contributed by atoms with Crippen LogP contribution in [0.5, 0.6) is 11.6 Å². The van der Waals surface area contributed by atoms with E-state index >= 15 is 0 Å². The number of ether oxygens (including phenoxy) is 1. The van der Waals surface area contributed by atoms with Gasteiger partial charge in [0.05, 0.1) is 18.1 Å².